The van der Waals surface area contributed by atoms with Crippen LogP contribution in [0.1, 0.15) is 17.2 Å². The maximum Gasteiger partial charge on any atom is 0.0460 e. The van der Waals surface area contributed by atoms with Crippen LogP contribution in [0.3, 0.4) is 0 Å². The Morgan fingerprint density at radius 2 is 1.84 bits per heavy atom. The van der Waals surface area contributed by atoms with Gasteiger partial charge in [0.2, 0.25) is 0 Å². The van der Waals surface area contributed by atoms with E-state index in [9.17, 15) is 0 Å². The standard InChI is InChI=1S/C17H18N2/c1-2-7-15(8-3-1)9-6-12-19-13-16(14-19)17-10-4-5-11-18-17/h1-11,16H,12-14H2. The smallest absolute Gasteiger partial charge is 0.0460 e. The lowest BCUT2D eigenvalue weighted by Crippen LogP contribution is -2.45. The summed E-state index contributed by atoms with van der Waals surface area (Å²) in [6.45, 7) is 3.27. The average molecular weight is 250 g/mol. The van der Waals surface area contributed by atoms with Gasteiger partial charge in [-0.1, -0.05) is 48.6 Å². The molecule has 0 atom stereocenters. The molecule has 1 saturated heterocycles. The van der Waals surface area contributed by atoms with Gasteiger partial charge in [0.1, 0.15) is 0 Å². The number of aromatic nitrogens is 1. The molecular weight excluding hydrogens is 232 g/mol. The molecule has 96 valence electrons. The Kier molecular flexibility index (Phi) is 3.70. The van der Waals surface area contributed by atoms with Crippen LogP contribution >= 0.6 is 0 Å². The molecule has 0 amide bonds. The van der Waals surface area contributed by atoms with E-state index in [-0.39, 0.29) is 0 Å². The van der Waals surface area contributed by atoms with E-state index in [1.54, 1.807) is 0 Å². The number of rotatable bonds is 4. The average Bonchev–Trinajstić information content (AvgIpc) is 2.43. The number of likely N-dealkylation sites (tertiary alicyclic amines) is 1. The third kappa shape index (κ3) is 3.09. The van der Waals surface area contributed by atoms with E-state index in [1.165, 1.54) is 11.3 Å². The summed E-state index contributed by atoms with van der Waals surface area (Å²) in [6.07, 6.45) is 6.31. The Morgan fingerprint density at radius 1 is 1.05 bits per heavy atom. The van der Waals surface area contributed by atoms with Crippen molar-refractivity contribution >= 4 is 6.08 Å². The van der Waals surface area contributed by atoms with Gasteiger partial charge in [-0.15, -0.1) is 0 Å². The molecule has 1 aliphatic heterocycles. The highest BCUT2D eigenvalue weighted by Gasteiger charge is 2.27. The zero-order chi connectivity index (χ0) is 12.9. The third-order valence-corrected chi connectivity index (χ3v) is 3.54. The van der Waals surface area contributed by atoms with Crippen LogP contribution in [-0.2, 0) is 0 Å². The highest BCUT2D eigenvalue weighted by atomic mass is 15.2. The van der Waals surface area contributed by atoms with Crippen LogP contribution < -0.4 is 0 Å². The van der Waals surface area contributed by atoms with Gasteiger partial charge in [0.25, 0.3) is 0 Å². The quantitative estimate of drug-likeness (QED) is 0.828. The SMILES string of the molecule is C(=Cc1ccccc1)CN1CC(c2ccccn2)C1. The molecule has 2 heterocycles. The predicted molar refractivity (Wildman–Crippen MR) is 78.9 cm³/mol. The van der Waals surface area contributed by atoms with Crippen molar-refractivity contribution < 1.29 is 0 Å². The molecule has 19 heavy (non-hydrogen) atoms. The molecule has 2 nitrogen and oxygen atoms in total. The monoisotopic (exact) mass is 250 g/mol. The fraction of sp³-hybridized carbons (Fsp3) is 0.235. The first-order valence-corrected chi connectivity index (χ1v) is 6.77. The van der Waals surface area contributed by atoms with Gasteiger partial charge in [-0.05, 0) is 17.7 Å². The topological polar surface area (TPSA) is 16.1 Å². The lowest BCUT2D eigenvalue weighted by molar-refractivity contribution is 0.164. The lowest BCUT2D eigenvalue weighted by atomic mass is 9.96. The summed E-state index contributed by atoms with van der Waals surface area (Å²) in [5.74, 6) is 0.617. The van der Waals surface area contributed by atoms with E-state index in [1.807, 2.05) is 18.3 Å². The molecule has 2 heteroatoms. The van der Waals surface area contributed by atoms with Crippen LogP contribution in [0.2, 0.25) is 0 Å². The van der Waals surface area contributed by atoms with E-state index < -0.39 is 0 Å². The molecule has 3 rings (SSSR count). The first kappa shape index (κ1) is 12.1. The second kappa shape index (κ2) is 5.81. The third-order valence-electron chi connectivity index (χ3n) is 3.54. The van der Waals surface area contributed by atoms with Crippen LogP contribution in [0.25, 0.3) is 6.08 Å². The van der Waals surface area contributed by atoms with E-state index in [4.69, 9.17) is 0 Å². The summed E-state index contributed by atoms with van der Waals surface area (Å²) in [7, 11) is 0. The van der Waals surface area contributed by atoms with Gasteiger partial charge in [-0.2, -0.15) is 0 Å². The van der Waals surface area contributed by atoms with E-state index in [0.717, 1.165) is 19.6 Å². The molecule has 1 aromatic heterocycles. The van der Waals surface area contributed by atoms with Crippen LogP contribution in [-0.4, -0.2) is 29.5 Å². The maximum atomic E-state index is 4.42. The summed E-state index contributed by atoms with van der Waals surface area (Å²) in [6, 6.07) is 16.6. The Bertz CT molecular complexity index is 528. The number of nitrogens with zero attached hydrogens (tertiary/aromatic N) is 2. The van der Waals surface area contributed by atoms with Gasteiger partial charge in [-0.25, -0.2) is 0 Å². The van der Waals surface area contributed by atoms with Crippen LogP contribution in [0.5, 0.6) is 0 Å². The van der Waals surface area contributed by atoms with Gasteiger partial charge >= 0.3 is 0 Å². The normalized spacial score (nSPS) is 16.6. The highest BCUT2D eigenvalue weighted by Crippen LogP contribution is 2.24. The first-order valence-electron chi connectivity index (χ1n) is 6.77. The Balaban J connectivity index is 1.46. The molecule has 0 radical (unpaired) electrons. The van der Waals surface area contributed by atoms with Crippen molar-refractivity contribution in [3.63, 3.8) is 0 Å². The maximum absolute atomic E-state index is 4.42. The summed E-state index contributed by atoms with van der Waals surface area (Å²) in [5, 5.41) is 0. The minimum Gasteiger partial charge on any atom is -0.298 e. The van der Waals surface area contributed by atoms with Crippen LogP contribution in [0, 0.1) is 0 Å². The summed E-state index contributed by atoms with van der Waals surface area (Å²) in [5.41, 5.74) is 2.50. The molecule has 1 fully saturated rings. The number of hydrogen-bond acceptors (Lipinski definition) is 2. The van der Waals surface area contributed by atoms with Crippen molar-refractivity contribution in [1.82, 2.24) is 9.88 Å². The molecule has 0 unspecified atom stereocenters. The molecule has 0 spiro atoms. The minimum absolute atomic E-state index is 0.617. The number of hydrogen-bond donors (Lipinski definition) is 0. The van der Waals surface area contributed by atoms with Crippen LogP contribution in [0.4, 0.5) is 0 Å². The fourth-order valence-electron chi connectivity index (χ4n) is 2.43. The second-order valence-corrected chi connectivity index (χ2v) is 4.98. The van der Waals surface area contributed by atoms with E-state index in [0.29, 0.717) is 5.92 Å². The number of benzene rings is 1. The van der Waals surface area contributed by atoms with Crippen molar-refractivity contribution in [2.45, 2.75) is 5.92 Å². The van der Waals surface area contributed by atoms with Crippen molar-refractivity contribution in [1.29, 1.82) is 0 Å². The Hall–Kier alpha value is -1.93. The van der Waals surface area contributed by atoms with Crippen molar-refractivity contribution in [2.24, 2.45) is 0 Å². The van der Waals surface area contributed by atoms with Gasteiger partial charge in [0.05, 0.1) is 0 Å². The highest BCUT2D eigenvalue weighted by molar-refractivity contribution is 5.48. The Labute approximate surface area is 114 Å². The number of pyridine rings is 1. The molecular formula is C17H18N2. The van der Waals surface area contributed by atoms with Gasteiger partial charge in [-0.3, -0.25) is 9.88 Å². The zero-order valence-electron chi connectivity index (χ0n) is 10.9. The molecule has 1 aromatic carbocycles. The van der Waals surface area contributed by atoms with E-state index in [2.05, 4.69) is 58.4 Å². The van der Waals surface area contributed by atoms with Gasteiger partial charge in [0.15, 0.2) is 0 Å². The first-order chi connectivity index (χ1) is 9.42. The summed E-state index contributed by atoms with van der Waals surface area (Å²) in [4.78, 5) is 6.86. The predicted octanol–water partition coefficient (Wildman–Crippen LogP) is 3.19. The fourth-order valence-corrected chi connectivity index (χ4v) is 2.43. The van der Waals surface area contributed by atoms with E-state index >= 15 is 0 Å². The molecule has 0 bridgehead atoms. The molecule has 1 aliphatic rings. The van der Waals surface area contributed by atoms with Gasteiger partial charge < -0.3 is 0 Å². The zero-order valence-corrected chi connectivity index (χ0v) is 10.9. The molecule has 0 N–H and O–H groups in total. The minimum atomic E-state index is 0.617. The Morgan fingerprint density at radius 3 is 2.58 bits per heavy atom. The van der Waals surface area contributed by atoms with Crippen molar-refractivity contribution in [3.05, 3.63) is 72.1 Å². The molecule has 2 aromatic rings. The van der Waals surface area contributed by atoms with Gasteiger partial charge in [0, 0.05) is 37.4 Å². The second-order valence-electron chi connectivity index (χ2n) is 4.98. The lowest BCUT2D eigenvalue weighted by Gasteiger charge is -2.38. The van der Waals surface area contributed by atoms with Crippen molar-refractivity contribution in [3.8, 4) is 0 Å². The molecule has 0 saturated carbocycles. The summed E-state index contributed by atoms with van der Waals surface area (Å²) < 4.78 is 0. The van der Waals surface area contributed by atoms with Crippen molar-refractivity contribution in [2.75, 3.05) is 19.6 Å². The summed E-state index contributed by atoms with van der Waals surface area (Å²) >= 11 is 0. The van der Waals surface area contributed by atoms with Crippen LogP contribution in [0.15, 0.2) is 60.8 Å². The molecule has 0 aliphatic carbocycles. The largest absolute Gasteiger partial charge is 0.298 e.